The average molecular weight is 247 g/mol. The molecule has 6 heteroatoms. The predicted octanol–water partition coefficient (Wildman–Crippen LogP) is 1.65. The number of nitrogens with zero attached hydrogens (tertiary/aromatic N) is 4. The summed E-state index contributed by atoms with van der Waals surface area (Å²) in [4.78, 5) is 8.46. The number of aryl methyl sites for hydroxylation is 1. The number of nitrogens with two attached hydrogens (primary N) is 1. The molecular weight excluding hydrogens is 230 g/mol. The van der Waals surface area contributed by atoms with Crippen LogP contribution in [0.1, 0.15) is 25.2 Å². The lowest BCUT2D eigenvalue weighted by molar-refractivity contribution is 0.231. The Morgan fingerprint density at radius 2 is 2.00 bits per heavy atom. The molecule has 2 heterocycles. The van der Waals surface area contributed by atoms with Gasteiger partial charge in [-0.3, -0.25) is 4.98 Å². The smallest absolute Gasteiger partial charge is 0.234 e. The van der Waals surface area contributed by atoms with E-state index in [0.717, 1.165) is 11.4 Å². The summed E-state index contributed by atoms with van der Waals surface area (Å²) >= 11 is 0. The van der Waals surface area contributed by atoms with Crippen molar-refractivity contribution in [2.45, 2.75) is 33.8 Å². The zero-order chi connectivity index (χ0) is 13.3. The second-order valence-corrected chi connectivity index (χ2v) is 4.38. The number of anilines is 1. The van der Waals surface area contributed by atoms with Gasteiger partial charge in [-0.1, -0.05) is 0 Å². The van der Waals surface area contributed by atoms with E-state index in [0.29, 0.717) is 17.4 Å². The molecule has 0 aliphatic rings. The molecule has 0 spiro atoms. The van der Waals surface area contributed by atoms with E-state index >= 15 is 0 Å². The fraction of sp³-hybridized carbons (Fsp3) is 0.417. The molecule has 0 bridgehead atoms. The topological polar surface area (TPSA) is 78.8 Å². The van der Waals surface area contributed by atoms with E-state index in [9.17, 15) is 0 Å². The fourth-order valence-electron chi connectivity index (χ4n) is 1.62. The number of rotatable bonds is 3. The van der Waals surface area contributed by atoms with Gasteiger partial charge in [-0.25, -0.2) is 4.68 Å². The zero-order valence-corrected chi connectivity index (χ0v) is 11.0. The van der Waals surface area contributed by atoms with E-state index in [1.165, 1.54) is 0 Å². The van der Waals surface area contributed by atoms with Crippen molar-refractivity contribution in [3.63, 3.8) is 0 Å². The predicted molar refractivity (Wildman–Crippen MR) is 68.8 cm³/mol. The zero-order valence-electron chi connectivity index (χ0n) is 11.0. The van der Waals surface area contributed by atoms with Gasteiger partial charge in [0.25, 0.3) is 0 Å². The number of nitrogen functional groups attached to an aromatic ring is 1. The largest absolute Gasteiger partial charge is 0.474 e. The van der Waals surface area contributed by atoms with Crippen LogP contribution < -0.4 is 10.5 Å². The van der Waals surface area contributed by atoms with Crippen molar-refractivity contribution in [2.75, 3.05) is 5.73 Å². The highest BCUT2D eigenvalue weighted by molar-refractivity contribution is 5.49. The highest BCUT2D eigenvalue weighted by Gasteiger charge is 2.12. The van der Waals surface area contributed by atoms with Gasteiger partial charge in [-0.2, -0.15) is 10.1 Å². The van der Waals surface area contributed by atoms with Crippen LogP contribution in [-0.2, 0) is 0 Å². The van der Waals surface area contributed by atoms with Crippen LogP contribution in [0.3, 0.4) is 0 Å². The van der Waals surface area contributed by atoms with Crippen LogP contribution in [0.15, 0.2) is 12.4 Å². The molecule has 2 aromatic rings. The van der Waals surface area contributed by atoms with Crippen molar-refractivity contribution in [2.24, 2.45) is 0 Å². The minimum atomic E-state index is 0.0556. The first-order chi connectivity index (χ1) is 8.49. The van der Waals surface area contributed by atoms with Gasteiger partial charge < -0.3 is 10.5 Å². The second-order valence-electron chi connectivity index (χ2n) is 4.38. The van der Waals surface area contributed by atoms with Gasteiger partial charge in [0.2, 0.25) is 5.88 Å². The van der Waals surface area contributed by atoms with E-state index in [2.05, 4.69) is 15.1 Å². The summed E-state index contributed by atoms with van der Waals surface area (Å²) in [5, 5.41) is 4.33. The van der Waals surface area contributed by atoms with E-state index in [-0.39, 0.29) is 6.10 Å². The van der Waals surface area contributed by atoms with Crippen molar-refractivity contribution in [1.29, 1.82) is 0 Å². The molecule has 2 N–H and O–H groups in total. The molecular formula is C12H17N5O. The van der Waals surface area contributed by atoms with Crippen molar-refractivity contribution < 1.29 is 4.74 Å². The number of aromatic nitrogens is 4. The summed E-state index contributed by atoms with van der Waals surface area (Å²) in [7, 11) is 0. The van der Waals surface area contributed by atoms with E-state index < -0.39 is 0 Å². The van der Waals surface area contributed by atoms with Gasteiger partial charge in [-0.15, -0.1) is 0 Å². The van der Waals surface area contributed by atoms with Crippen molar-refractivity contribution in [1.82, 2.24) is 19.7 Å². The van der Waals surface area contributed by atoms with Gasteiger partial charge in [-0.05, 0) is 27.7 Å². The first-order valence-corrected chi connectivity index (χ1v) is 5.79. The summed E-state index contributed by atoms with van der Waals surface area (Å²) in [6.45, 7) is 7.64. The summed E-state index contributed by atoms with van der Waals surface area (Å²) in [6.07, 6.45) is 3.27. The summed E-state index contributed by atoms with van der Waals surface area (Å²) in [6, 6.07) is 0. The second kappa shape index (κ2) is 4.64. The molecule has 0 atom stereocenters. The van der Waals surface area contributed by atoms with Gasteiger partial charge in [0.15, 0.2) is 5.82 Å². The van der Waals surface area contributed by atoms with E-state index in [4.69, 9.17) is 10.5 Å². The maximum absolute atomic E-state index is 5.90. The average Bonchev–Trinajstić information content (AvgIpc) is 2.56. The number of hydrogen-bond donors (Lipinski definition) is 1. The molecule has 0 fully saturated rings. The maximum atomic E-state index is 5.90. The summed E-state index contributed by atoms with van der Waals surface area (Å²) < 4.78 is 7.18. The SMILES string of the molecule is Cc1nn(-c2cncc(OC(C)C)n2)c(C)c1N. The molecule has 18 heavy (non-hydrogen) atoms. The Morgan fingerprint density at radius 1 is 1.28 bits per heavy atom. The Bertz CT molecular complexity index is 562. The molecule has 0 unspecified atom stereocenters. The lowest BCUT2D eigenvalue weighted by Gasteiger charge is -2.09. The van der Waals surface area contributed by atoms with Gasteiger partial charge in [0.1, 0.15) is 0 Å². The first kappa shape index (κ1) is 12.3. The van der Waals surface area contributed by atoms with Gasteiger partial charge in [0, 0.05) is 0 Å². The maximum Gasteiger partial charge on any atom is 0.234 e. The van der Waals surface area contributed by atoms with Crippen molar-refractivity contribution >= 4 is 5.69 Å². The third-order valence-corrected chi connectivity index (χ3v) is 2.52. The molecule has 6 nitrogen and oxygen atoms in total. The van der Waals surface area contributed by atoms with Crippen LogP contribution in [0.25, 0.3) is 5.82 Å². The van der Waals surface area contributed by atoms with Gasteiger partial charge >= 0.3 is 0 Å². The summed E-state index contributed by atoms with van der Waals surface area (Å²) in [5.41, 5.74) is 8.20. The highest BCUT2D eigenvalue weighted by atomic mass is 16.5. The molecule has 0 saturated heterocycles. The lowest BCUT2D eigenvalue weighted by Crippen LogP contribution is -2.09. The molecule has 0 amide bonds. The summed E-state index contributed by atoms with van der Waals surface area (Å²) in [5.74, 6) is 1.08. The first-order valence-electron chi connectivity index (χ1n) is 5.79. The molecule has 0 aliphatic carbocycles. The lowest BCUT2D eigenvalue weighted by atomic mass is 10.3. The molecule has 96 valence electrons. The van der Waals surface area contributed by atoms with Crippen LogP contribution in [-0.4, -0.2) is 25.9 Å². The number of hydrogen-bond acceptors (Lipinski definition) is 5. The Labute approximate surface area is 106 Å². The molecule has 0 aliphatic heterocycles. The van der Waals surface area contributed by atoms with Crippen LogP contribution in [0, 0.1) is 13.8 Å². The Kier molecular flexibility index (Phi) is 3.18. The monoisotopic (exact) mass is 247 g/mol. The molecule has 2 aromatic heterocycles. The van der Waals surface area contributed by atoms with Crippen molar-refractivity contribution in [3.05, 3.63) is 23.8 Å². The van der Waals surface area contributed by atoms with Crippen LogP contribution >= 0.6 is 0 Å². The minimum absolute atomic E-state index is 0.0556. The van der Waals surface area contributed by atoms with Crippen LogP contribution in [0.5, 0.6) is 5.88 Å². The quantitative estimate of drug-likeness (QED) is 0.892. The molecule has 0 radical (unpaired) electrons. The molecule has 0 saturated carbocycles. The van der Waals surface area contributed by atoms with Crippen molar-refractivity contribution in [3.8, 4) is 11.7 Å². The fourth-order valence-corrected chi connectivity index (χ4v) is 1.62. The van der Waals surface area contributed by atoms with E-state index in [1.54, 1.807) is 17.1 Å². The Balaban J connectivity index is 2.41. The van der Waals surface area contributed by atoms with Crippen LogP contribution in [0.4, 0.5) is 5.69 Å². The minimum Gasteiger partial charge on any atom is -0.474 e. The normalized spacial score (nSPS) is 10.9. The van der Waals surface area contributed by atoms with Crippen LogP contribution in [0.2, 0.25) is 0 Å². The Hall–Kier alpha value is -2.11. The third-order valence-electron chi connectivity index (χ3n) is 2.52. The van der Waals surface area contributed by atoms with E-state index in [1.807, 2.05) is 27.7 Å². The highest BCUT2D eigenvalue weighted by Crippen LogP contribution is 2.19. The Morgan fingerprint density at radius 3 is 2.56 bits per heavy atom. The number of ether oxygens (including phenoxy) is 1. The van der Waals surface area contributed by atoms with Gasteiger partial charge in [0.05, 0.1) is 35.6 Å². The molecule has 2 rings (SSSR count). The third kappa shape index (κ3) is 2.27. The standard InChI is InChI=1S/C12H17N5O/c1-7(2)18-11-6-14-5-10(15-11)17-9(4)12(13)8(3)16-17/h5-7H,13H2,1-4H3. The molecule has 0 aromatic carbocycles.